The van der Waals surface area contributed by atoms with Gasteiger partial charge in [0.25, 0.3) is 11.5 Å². The lowest BCUT2D eigenvalue weighted by molar-refractivity contribution is 0.102. The van der Waals surface area contributed by atoms with Gasteiger partial charge in [0.1, 0.15) is 5.56 Å². The summed E-state index contributed by atoms with van der Waals surface area (Å²) in [4.78, 5) is 25.5. The summed E-state index contributed by atoms with van der Waals surface area (Å²) in [7, 11) is 0. The van der Waals surface area contributed by atoms with Crippen molar-refractivity contribution >= 4 is 11.6 Å². The van der Waals surface area contributed by atoms with Crippen LogP contribution in [0.1, 0.15) is 38.2 Å². The van der Waals surface area contributed by atoms with Crippen LogP contribution < -0.4 is 10.9 Å². The van der Waals surface area contributed by atoms with Crippen LogP contribution in [0.3, 0.4) is 0 Å². The molecule has 0 fully saturated rings. The van der Waals surface area contributed by atoms with Crippen molar-refractivity contribution < 1.29 is 4.79 Å². The molecule has 0 atom stereocenters. The van der Waals surface area contributed by atoms with E-state index in [1.807, 2.05) is 52.0 Å². The summed E-state index contributed by atoms with van der Waals surface area (Å²) in [6.07, 6.45) is 1.72. The maximum absolute atomic E-state index is 12.8. The van der Waals surface area contributed by atoms with E-state index >= 15 is 0 Å². The molecule has 0 unspecified atom stereocenters. The van der Waals surface area contributed by atoms with E-state index < -0.39 is 5.91 Å². The summed E-state index contributed by atoms with van der Waals surface area (Å²) in [5.74, 6) is -0.390. The largest absolute Gasteiger partial charge is 0.322 e. The average molecular weight is 360 g/mol. The summed E-state index contributed by atoms with van der Waals surface area (Å²) in [6, 6.07) is 15.2. The van der Waals surface area contributed by atoms with E-state index in [1.165, 1.54) is 0 Å². The van der Waals surface area contributed by atoms with E-state index in [0.29, 0.717) is 12.2 Å². The van der Waals surface area contributed by atoms with Crippen LogP contribution in [-0.2, 0) is 6.54 Å². The highest BCUT2D eigenvalue weighted by Crippen LogP contribution is 2.15. The monoisotopic (exact) mass is 360 g/mol. The van der Waals surface area contributed by atoms with Gasteiger partial charge < -0.3 is 9.88 Å². The first-order valence-corrected chi connectivity index (χ1v) is 8.99. The van der Waals surface area contributed by atoms with Crippen molar-refractivity contribution in [3.8, 4) is 0 Å². The summed E-state index contributed by atoms with van der Waals surface area (Å²) < 4.78 is 1.58. The molecule has 0 spiro atoms. The molecule has 3 aromatic rings. The van der Waals surface area contributed by atoms with Crippen molar-refractivity contribution in [2.75, 3.05) is 5.32 Å². The van der Waals surface area contributed by atoms with E-state index in [2.05, 4.69) is 17.4 Å². The van der Waals surface area contributed by atoms with Crippen LogP contribution in [0, 0.1) is 27.7 Å². The van der Waals surface area contributed by atoms with Gasteiger partial charge in [-0.2, -0.15) is 0 Å². The molecule has 0 bridgehead atoms. The smallest absolute Gasteiger partial charge is 0.263 e. The minimum Gasteiger partial charge on any atom is -0.322 e. The summed E-state index contributed by atoms with van der Waals surface area (Å²) >= 11 is 0. The molecular formula is C23H24N2O2. The first-order chi connectivity index (χ1) is 12.8. The second-order valence-corrected chi connectivity index (χ2v) is 7.04. The van der Waals surface area contributed by atoms with Crippen LogP contribution in [0.2, 0.25) is 0 Å². The van der Waals surface area contributed by atoms with Gasteiger partial charge in [0, 0.05) is 11.9 Å². The molecule has 0 saturated carbocycles. The maximum Gasteiger partial charge on any atom is 0.263 e. The van der Waals surface area contributed by atoms with Crippen molar-refractivity contribution in [2.45, 2.75) is 34.2 Å². The third kappa shape index (κ3) is 4.17. The molecule has 1 N–H and O–H groups in total. The fraction of sp³-hybridized carbons (Fsp3) is 0.217. The maximum atomic E-state index is 12.8. The van der Waals surface area contributed by atoms with Crippen LogP contribution in [0.5, 0.6) is 0 Å². The minimum atomic E-state index is -0.390. The lowest BCUT2D eigenvalue weighted by Crippen LogP contribution is -2.29. The van der Waals surface area contributed by atoms with Gasteiger partial charge in [0.15, 0.2) is 0 Å². The fourth-order valence-electron chi connectivity index (χ4n) is 3.01. The molecule has 1 amide bonds. The lowest BCUT2D eigenvalue weighted by Gasteiger charge is -2.12. The Morgan fingerprint density at radius 3 is 2.41 bits per heavy atom. The molecule has 2 aromatic carbocycles. The molecule has 3 rings (SSSR count). The molecule has 0 radical (unpaired) electrons. The molecule has 4 heteroatoms. The standard InChI is InChI=1S/C23H24N2O2/c1-15-7-8-17(3)19(12-15)14-25-11-5-6-21(23(25)27)22(26)24-20-10-9-16(2)18(4)13-20/h5-13H,14H2,1-4H3,(H,24,26). The van der Waals surface area contributed by atoms with Crippen molar-refractivity contribution in [2.24, 2.45) is 0 Å². The Labute approximate surface area is 159 Å². The van der Waals surface area contributed by atoms with Crippen LogP contribution in [0.15, 0.2) is 59.5 Å². The molecule has 1 aromatic heterocycles. The van der Waals surface area contributed by atoms with Gasteiger partial charge in [-0.3, -0.25) is 9.59 Å². The topological polar surface area (TPSA) is 51.1 Å². The summed E-state index contributed by atoms with van der Waals surface area (Å²) in [6.45, 7) is 8.50. The van der Waals surface area contributed by atoms with E-state index in [4.69, 9.17) is 0 Å². The molecule has 138 valence electrons. The van der Waals surface area contributed by atoms with Gasteiger partial charge in [-0.05, 0) is 74.2 Å². The number of nitrogens with one attached hydrogen (secondary N) is 1. The number of carbonyl (C=O) groups excluding carboxylic acids is 1. The van der Waals surface area contributed by atoms with E-state index in [1.54, 1.807) is 22.9 Å². The molecule has 0 aliphatic rings. The van der Waals surface area contributed by atoms with Gasteiger partial charge in [-0.1, -0.05) is 29.8 Å². The van der Waals surface area contributed by atoms with Gasteiger partial charge in [0.05, 0.1) is 6.54 Å². The van der Waals surface area contributed by atoms with Crippen LogP contribution in [0.4, 0.5) is 5.69 Å². The Hall–Kier alpha value is -3.14. The predicted octanol–water partition coefficient (Wildman–Crippen LogP) is 4.38. The molecule has 0 aliphatic heterocycles. The van der Waals surface area contributed by atoms with E-state index in [0.717, 1.165) is 27.8 Å². The zero-order chi connectivity index (χ0) is 19.6. The van der Waals surface area contributed by atoms with Crippen molar-refractivity contribution in [1.82, 2.24) is 4.57 Å². The third-order valence-corrected chi connectivity index (χ3v) is 4.87. The molecule has 1 heterocycles. The number of hydrogen-bond acceptors (Lipinski definition) is 2. The summed E-state index contributed by atoms with van der Waals surface area (Å²) in [5.41, 5.74) is 6.12. The number of amides is 1. The molecule has 27 heavy (non-hydrogen) atoms. The van der Waals surface area contributed by atoms with E-state index in [9.17, 15) is 9.59 Å². The SMILES string of the molecule is Cc1ccc(C)c(Cn2cccc(C(=O)Nc3ccc(C)c(C)c3)c2=O)c1. The number of aromatic nitrogens is 1. The predicted molar refractivity (Wildman–Crippen MR) is 110 cm³/mol. The number of benzene rings is 2. The molecule has 4 nitrogen and oxygen atoms in total. The minimum absolute atomic E-state index is 0.140. The second-order valence-electron chi connectivity index (χ2n) is 7.04. The zero-order valence-electron chi connectivity index (χ0n) is 16.2. The average Bonchev–Trinajstić information content (AvgIpc) is 2.63. The quantitative estimate of drug-likeness (QED) is 0.750. The van der Waals surface area contributed by atoms with Crippen molar-refractivity contribution in [3.63, 3.8) is 0 Å². The van der Waals surface area contributed by atoms with Gasteiger partial charge in [-0.15, -0.1) is 0 Å². The number of nitrogens with zero attached hydrogens (tertiary/aromatic N) is 1. The number of pyridine rings is 1. The van der Waals surface area contributed by atoms with Crippen LogP contribution in [-0.4, -0.2) is 10.5 Å². The summed E-state index contributed by atoms with van der Waals surface area (Å²) in [5, 5.41) is 2.83. The Balaban J connectivity index is 1.87. The number of anilines is 1. The molecule has 0 aliphatic carbocycles. The molecule has 0 saturated heterocycles. The normalized spacial score (nSPS) is 10.7. The first kappa shape index (κ1) is 18.6. The van der Waals surface area contributed by atoms with Crippen molar-refractivity contribution in [3.05, 3.63) is 98.5 Å². The number of rotatable bonds is 4. The van der Waals surface area contributed by atoms with Crippen LogP contribution >= 0.6 is 0 Å². The lowest BCUT2D eigenvalue weighted by atomic mass is 10.1. The number of carbonyl (C=O) groups is 1. The Morgan fingerprint density at radius 2 is 1.67 bits per heavy atom. The highest BCUT2D eigenvalue weighted by Gasteiger charge is 2.13. The number of hydrogen-bond donors (Lipinski definition) is 1. The van der Waals surface area contributed by atoms with Crippen molar-refractivity contribution in [1.29, 1.82) is 0 Å². The highest BCUT2D eigenvalue weighted by molar-refractivity contribution is 6.04. The van der Waals surface area contributed by atoms with E-state index in [-0.39, 0.29) is 11.1 Å². The Kier molecular flexibility index (Phi) is 5.26. The van der Waals surface area contributed by atoms with Gasteiger partial charge in [0.2, 0.25) is 0 Å². The third-order valence-electron chi connectivity index (χ3n) is 4.87. The van der Waals surface area contributed by atoms with Gasteiger partial charge in [-0.25, -0.2) is 0 Å². The highest BCUT2D eigenvalue weighted by atomic mass is 16.2. The fourth-order valence-corrected chi connectivity index (χ4v) is 3.01. The first-order valence-electron chi connectivity index (χ1n) is 8.99. The number of aryl methyl sites for hydroxylation is 4. The molecular weight excluding hydrogens is 336 g/mol. The second kappa shape index (κ2) is 7.62. The zero-order valence-corrected chi connectivity index (χ0v) is 16.2. The Bertz CT molecular complexity index is 1060. The van der Waals surface area contributed by atoms with Crippen LogP contribution in [0.25, 0.3) is 0 Å². The Morgan fingerprint density at radius 1 is 0.926 bits per heavy atom. The van der Waals surface area contributed by atoms with Gasteiger partial charge >= 0.3 is 0 Å².